The Morgan fingerprint density at radius 1 is 1.64 bits per heavy atom. The summed E-state index contributed by atoms with van der Waals surface area (Å²) in [5.41, 5.74) is 5.67. The van der Waals surface area contributed by atoms with E-state index in [9.17, 15) is 4.79 Å². The van der Waals surface area contributed by atoms with Crippen LogP contribution in [0, 0.1) is 5.92 Å². The minimum Gasteiger partial charge on any atom is -0.354 e. The predicted molar refractivity (Wildman–Crippen MR) is 63.3 cm³/mol. The quantitative estimate of drug-likeness (QED) is 0.493. The van der Waals surface area contributed by atoms with Crippen molar-refractivity contribution in [2.75, 3.05) is 18.1 Å². The third-order valence-corrected chi connectivity index (χ3v) is 2.77. The normalized spacial score (nSPS) is 12.6. The van der Waals surface area contributed by atoms with Crippen LogP contribution < -0.4 is 11.1 Å². The van der Waals surface area contributed by atoms with Crippen molar-refractivity contribution in [1.29, 1.82) is 0 Å². The van der Waals surface area contributed by atoms with Crippen LogP contribution in [0.15, 0.2) is 12.7 Å². The van der Waals surface area contributed by atoms with E-state index in [2.05, 4.69) is 11.9 Å². The van der Waals surface area contributed by atoms with Crippen molar-refractivity contribution < 1.29 is 4.79 Å². The van der Waals surface area contributed by atoms with Crippen molar-refractivity contribution in [2.24, 2.45) is 11.7 Å². The molecule has 82 valence electrons. The number of amides is 1. The number of carbonyl (C=O) groups is 1. The second-order valence-corrected chi connectivity index (χ2v) is 4.57. The minimum atomic E-state index is -0.389. The maximum Gasteiger partial charge on any atom is 0.237 e. The van der Waals surface area contributed by atoms with Crippen molar-refractivity contribution >= 4 is 17.7 Å². The number of rotatable bonds is 7. The molecular formula is C10H20N2OS. The SMILES string of the molecule is C=CCSCCNC(=O)[C@H](N)C(C)C. The Bertz CT molecular complexity index is 183. The number of hydrogen-bond donors (Lipinski definition) is 2. The van der Waals surface area contributed by atoms with Gasteiger partial charge in [-0.1, -0.05) is 19.9 Å². The van der Waals surface area contributed by atoms with Gasteiger partial charge in [-0.15, -0.1) is 6.58 Å². The lowest BCUT2D eigenvalue weighted by atomic mass is 10.1. The number of hydrogen-bond acceptors (Lipinski definition) is 3. The van der Waals surface area contributed by atoms with E-state index >= 15 is 0 Å². The maximum atomic E-state index is 11.4. The lowest BCUT2D eigenvalue weighted by molar-refractivity contribution is -0.123. The van der Waals surface area contributed by atoms with Crippen LogP contribution in [-0.2, 0) is 4.79 Å². The number of nitrogens with two attached hydrogens (primary N) is 1. The second-order valence-electron chi connectivity index (χ2n) is 3.42. The van der Waals surface area contributed by atoms with Crippen LogP contribution >= 0.6 is 11.8 Å². The molecule has 0 aliphatic heterocycles. The average Bonchev–Trinajstić information content (AvgIpc) is 2.16. The summed E-state index contributed by atoms with van der Waals surface area (Å²) in [6, 6.07) is -0.389. The second kappa shape index (κ2) is 7.88. The molecule has 0 aromatic rings. The van der Waals surface area contributed by atoms with Crippen LogP contribution in [0.3, 0.4) is 0 Å². The molecule has 3 N–H and O–H groups in total. The molecule has 0 saturated carbocycles. The van der Waals surface area contributed by atoms with Gasteiger partial charge in [0.1, 0.15) is 0 Å². The molecule has 1 atom stereocenters. The van der Waals surface area contributed by atoms with E-state index in [1.165, 1.54) is 0 Å². The molecule has 0 bridgehead atoms. The zero-order chi connectivity index (χ0) is 11.0. The van der Waals surface area contributed by atoms with E-state index in [4.69, 9.17) is 5.73 Å². The Kier molecular flexibility index (Phi) is 7.61. The van der Waals surface area contributed by atoms with Crippen LogP contribution in [0.5, 0.6) is 0 Å². The summed E-state index contributed by atoms with van der Waals surface area (Å²) in [6.07, 6.45) is 1.85. The summed E-state index contributed by atoms with van der Waals surface area (Å²) in [6.45, 7) is 8.18. The molecule has 0 aliphatic carbocycles. The van der Waals surface area contributed by atoms with Crippen LogP contribution in [0.1, 0.15) is 13.8 Å². The summed E-state index contributed by atoms with van der Waals surface area (Å²) in [5.74, 6) is 1.96. The lowest BCUT2D eigenvalue weighted by Gasteiger charge is -2.14. The summed E-state index contributed by atoms with van der Waals surface area (Å²) in [7, 11) is 0. The van der Waals surface area contributed by atoms with Gasteiger partial charge in [-0.05, 0) is 5.92 Å². The fraction of sp³-hybridized carbons (Fsp3) is 0.700. The first-order valence-corrected chi connectivity index (χ1v) is 5.97. The van der Waals surface area contributed by atoms with Gasteiger partial charge >= 0.3 is 0 Å². The molecule has 0 heterocycles. The van der Waals surface area contributed by atoms with Gasteiger partial charge in [0, 0.05) is 18.1 Å². The van der Waals surface area contributed by atoms with Gasteiger partial charge in [0.15, 0.2) is 0 Å². The van der Waals surface area contributed by atoms with Gasteiger partial charge in [0.05, 0.1) is 6.04 Å². The molecule has 0 fully saturated rings. The van der Waals surface area contributed by atoms with Crippen LogP contribution in [0.25, 0.3) is 0 Å². The van der Waals surface area contributed by atoms with E-state index in [1.807, 2.05) is 19.9 Å². The topological polar surface area (TPSA) is 55.1 Å². The smallest absolute Gasteiger partial charge is 0.237 e. The van der Waals surface area contributed by atoms with Crippen molar-refractivity contribution in [2.45, 2.75) is 19.9 Å². The molecule has 0 aromatic heterocycles. The van der Waals surface area contributed by atoms with E-state index in [-0.39, 0.29) is 17.9 Å². The van der Waals surface area contributed by atoms with Crippen LogP contribution in [0.4, 0.5) is 0 Å². The monoisotopic (exact) mass is 216 g/mol. The zero-order valence-corrected chi connectivity index (χ0v) is 9.77. The Morgan fingerprint density at radius 2 is 2.29 bits per heavy atom. The summed E-state index contributed by atoms with van der Waals surface area (Å²) in [5, 5.41) is 2.80. The summed E-state index contributed by atoms with van der Waals surface area (Å²) in [4.78, 5) is 11.4. The third-order valence-electron chi connectivity index (χ3n) is 1.80. The molecule has 3 nitrogen and oxygen atoms in total. The van der Waals surface area contributed by atoms with E-state index in [0.29, 0.717) is 6.54 Å². The zero-order valence-electron chi connectivity index (χ0n) is 8.95. The summed E-state index contributed by atoms with van der Waals surface area (Å²) < 4.78 is 0. The van der Waals surface area contributed by atoms with Gasteiger partial charge in [0.2, 0.25) is 5.91 Å². The van der Waals surface area contributed by atoms with E-state index in [1.54, 1.807) is 11.8 Å². The average molecular weight is 216 g/mol. The maximum absolute atomic E-state index is 11.4. The van der Waals surface area contributed by atoms with Gasteiger partial charge in [0.25, 0.3) is 0 Å². The molecular weight excluding hydrogens is 196 g/mol. The molecule has 0 saturated heterocycles. The molecule has 0 unspecified atom stereocenters. The number of thioether (sulfide) groups is 1. The fourth-order valence-electron chi connectivity index (χ4n) is 0.834. The van der Waals surface area contributed by atoms with Crippen molar-refractivity contribution in [3.05, 3.63) is 12.7 Å². The van der Waals surface area contributed by atoms with E-state index in [0.717, 1.165) is 11.5 Å². The largest absolute Gasteiger partial charge is 0.354 e. The van der Waals surface area contributed by atoms with Crippen LogP contribution in [0.2, 0.25) is 0 Å². The summed E-state index contributed by atoms with van der Waals surface area (Å²) >= 11 is 1.74. The fourth-order valence-corrected chi connectivity index (χ4v) is 1.41. The first-order chi connectivity index (χ1) is 6.59. The van der Waals surface area contributed by atoms with E-state index < -0.39 is 0 Å². The minimum absolute atomic E-state index is 0.0563. The Labute approximate surface area is 90.5 Å². The highest BCUT2D eigenvalue weighted by Gasteiger charge is 2.15. The molecule has 4 heteroatoms. The van der Waals surface area contributed by atoms with Crippen molar-refractivity contribution in [3.63, 3.8) is 0 Å². The first-order valence-electron chi connectivity index (χ1n) is 4.81. The van der Waals surface area contributed by atoms with Gasteiger partial charge in [-0.2, -0.15) is 11.8 Å². The van der Waals surface area contributed by atoms with Crippen LogP contribution in [-0.4, -0.2) is 30.0 Å². The first kappa shape index (κ1) is 13.5. The predicted octanol–water partition coefficient (Wildman–Crippen LogP) is 1.01. The molecule has 1 amide bonds. The van der Waals surface area contributed by atoms with Gasteiger partial charge in [-0.3, -0.25) is 4.79 Å². The lowest BCUT2D eigenvalue weighted by Crippen LogP contribution is -2.44. The van der Waals surface area contributed by atoms with Crippen molar-refractivity contribution in [3.8, 4) is 0 Å². The molecule has 14 heavy (non-hydrogen) atoms. The standard InChI is InChI=1S/C10H20N2OS/c1-4-6-14-7-5-12-10(13)9(11)8(2)3/h4,8-9H,1,5-7,11H2,2-3H3,(H,12,13)/t9-/m1/s1. The van der Waals surface area contributed by atoms with Gasteiger partial charge < -0.3 is 11.1 Å². The Morgan fingerprint density at radius 3 is 2.79 bits per heavy atom. The molecule has 0 radical (unpaired) electrons. The molecule has 0 rings (SSSR count). The number of carbonyl (C=O) groups excluding carboxylic acids is 1. The molecule has 0 aliphatic rings. The highest BCUT2D eigenvalue weighted by atomic mass is 32.2. The third kappa shape index (κ3) is 6.05. The highest BCUT2D eigenvalue weighted by molar-refractivity contribution is 7.99. The molecule has 0 aromatic carbocycles. The van der Waals surface area contributed by atoms with Gasteiger partial charge in [-0.25, -0.2) is 0 Å². The number of nitrogens with one attached hydrogen (secondary N) is 1. The Balaban J connectivity index is 3.49. The highest BCUT2D eigenvalue weighted by Crippen LogP contribution is 1.99. The Hall–Kier alpha value is -0.480. The van der Waals surface area contributed by atoms with Crippen molar-refractivity contribution in [1.82, 2.24) is 5.32 Å². The molecule has 0 spiro atoms.